The summed E-state index contributed by atoms with van der Waals surface area (Å²) in [6.45, 7) is 2.70. The fourth-order valence-electron chi connectivity index (χ4n) is 1.48. The Morgan fingerprint density at radius 1 is 1.21 bits per heavy atom. The number of hydrogen-bond acceptors (Lipinski definition) is 4. The molecule has 1 aromatic heterocycles. The molecule has 0 unspecified atom stereocenters. The average molecular weight is 390 g/mol. The number of benzene rings is 1. The van der Waals surface area contributed by atoms with Gasteiger partial charge in [-0.2, -0.15) is 0 Å². The van der Waals surface area contributed by atoms with Crippen LogP contribution in [-0.4, -0.2) is 16.5 Å². The summed E-state index contributed by atoms with van der Waals surface area (Å²) < 4.78 is 15.0. The lowest BCUT2D eigenvalue weighted by Gasteiger charge is -2.12. The third-order valence-electron chi connectivity index (χ3n) is 2.34. The molecule has 0 saturated carbocycles. The topological polar surface area (TPSA) is 49.8 Å². The van der Waals surface area contributed by atoms with E-state index in [1.165, 1.54) is 12.4 Å². The second kappa shape index (κ2) is 6.29. The highest BCUT2D eigenvalue weighted by molar-refractivity contribution is 9.11. The van der Waals surface area contributed by atoms with Crippen molar-refractivity contribution in [1.29, 1.82) is 0 Å². The molecule has 100 valence electrons. The summed E-state index contributed by atoms with van der Waals surface area (Å²) >= 11 is 6.70. The van der Waals surface area contributed by atoms with Crippen molar-refractivity contribution in [3.8, 4) is 0 Å². The van der Waals surface area contributed by atoms with Gasteiger partial charge in [-0.15, -0.1) is 0 Å². The molecule has 2 rings (SSSR count). The molecule has 1 heterocycles. The number of aromatic nitrogens is 2. The quantitative estimate of drug-likeness (QED) is 0.817. The number of nitrogens with one attached hydrogen (secondary N) is 2. The first kappa shape index (κ1) is 14.2. The third kappa shape index (κ3) is 3.22. The van der Waals surface area contributed by atoms with Gasteiger partial charge in [-0.25, -0.2) is 14.4 Å². The van der Waals surface area contributed by atoms with Crippen LogP contribution in [-0.2, 0) is 0 Å². The molecule has 4 nitrogen and oxygen atoms in total. The zero-order valence-corrected chi connectivity index (χ0v) is 13.2. The van der Waals surface area contributed by atoms with Gasteiger partial charge in [0.25, 0.3) is 0 Å². The highest BCUT2D eigenvalue weighted by atomic mass is 79.9. The molecule has 0 fully saturated rings. The van der Waals surface area contributed by atoms with Crippen molar-refractivity contribution in [2.75, 3.05) is 17.2 Å². The second-order valence-electron chi connectivity index (χ2n) is 3.64. The maximum absolute atomic E-state index is 13.7. The highest BCUT2D eigenvalue weighted by Gasteiger charge is 2.12. The summed E-state index contributed by atoms with van der Waals surface area (Å²) in [6.07, 6.45) is 1.42. The molecule has 2 N–H and O–H groups in total. The number of anilines is 3. The van der Waals surface area contributed by atoms with Crippen molar-refractivity contribution in [3.05, 3.63) is 39.3 Å². The molecule has 0 aliphatic heterocycles. The molecule has 0 aliphatic rings. The van der Waals surface area contributed by atoms with Crippen molar-refractivity contribution < 1.29 is 4.39 Å². The third-order valence-corrected chi connectivity index (χ3v) is 3.75. The summed E-state index contributed by atoms with van der Waals surface area (Å²) in [5.74, 6) is 0.800. The van der Waals surface area contributed by atoms with E-state index in [4.69, 9.17) is 0 Å². The summed E-state index contributed by atoms with van der Waals surface area (Å²) in [6, 6.07) is 4.77. The van der Waals surface area contributed by atoms with E-state index in [1.54, 1.807) is 12.1 Å². The van der Waals surface area contributed by atoms with Crippen LogP contribution >= 0.6 is 31.9 Å². The van der Waals surface area contributed by atoms with Crippen LogP contribution in [0, 0.1) is 5.82 Å². The van der Waals surface area contributed by atoms with Crippen LogP contribution in [0.2, 0.25) is 0 Å². The second-order valence-corrected chi connectivity index (χ2v) is 5.28. The van der Waals surface area contributed by atoms with Gasteiger partial charge in [-0.05, 0) is 50.9 Å². The van der Waals surface area contributed by atoms with Gasteiger partial charge in [0.2, 0.25) is 0 Å². The Morgan fingerprint density at radius 2 is 1.95 bits per heavy atom. The first-order chi connectivity index (χ1) is 9.13. The first-order valence-corrected chi connectivity index (χ1v) is 7.17. The maximum Gasteiger partial charge on any atom is 0.150 e. The van der Waals surface area contributed by atoms with Crippen LogP contribution in [0.1, 0.15) is 6.92 Å². The van der Waals surface area contributed by atoms with E-state index < -0.39 is 0 Å². The summed E-state index contributed by atoms with van der Waals surface area (Å²) in [7, 11) is 0. The summed E-state index contributed by atoms with van der Waals surface area (Å²) in [5, 5.41) is 6.04. The predicted octanol–water partition coefficient (Wildman–Crippen LogP) is 4.32. The minimum absolute atomic E-state index is 0.337. The Kier molecular flexibility index (Phi) is 4.71. The molecule has 1 aromatic carbocycles. The standard InChI is InChI=1S/C12H11Br2FN4/c1-2-16-11-9(14)12(18-6-17-11)19-10-7(13)4-3-5-8(10)15/h3-6H,2H2,1H3,(H2,16,17,18,19). The lowest BCUT2D eigenvalue weighted by molar-refractivity contribution is 0.631. The molecule has 0 aliphatic carbocycles. The van der Waals surface area contributed by atoms with E-state index in [0.29, 0.717) is 26.3 Å². The van der Waals surface area contributed by atoms with Crippen molar-refractivity contribution in [1.82, 2.24) is 9.97 Å². The van der Waals surface area contributed by atoms with Gasteiger partial charge >= 0.3 is 0 Å². The average Bonchev–Trinajstić information content (AvgIpc) is 2.38. The number of rotatable bonds is 4. The Labute approximate surface area is 127 Å². The van der Waals surface area contributed by atoms with Gasteiger partial charge in [0, 0.05) is 11.0 Å². The van der Waals surface area contributed by atoms with E-state index in [-0.39, 0.29) is 5.82 Å². The molecule has 0 radical (unpaired) electrons. The van der Waals surface area contributed by atoms with Crippen LogP contribution in [0.3, 0.4) is 0 Å². The minimum atomic E-state index is -0.357. The Bertz CT molecular complexity index is 572. The number of halogens is 3. The highest BCUT2D eigenvalue weighted by Crippen LogP contribution is 2.33. The SMILES string of the molecule is CCNc1ncnc(Nc2c(F)cccc2Br)c1Br. The Balaban J connectivity index is 2.36. The Morgan fingerprint density at radius 3 is 2.63 bits per heavy atom. The van der Waals surface area contributed by atoms with Crippen LogP contribution < -0.4 is 10.6 Å². The van der Waals surface area contributed by atoms with E-state index >= 15 is 0 Å². The largest absolute Gasteiger partial charge is 0.369 e. The van der Waals surface area contributed by atoms with Crippen molar-refractivity contribution in [3.63, 3.8) is 0 Å². The van der Waals surface area contributed by atoms with Gasteiger partial charge in [0.1, 0.15) is 28.3 Å². The van der Waals surface area contributed by atoms with Gasteiger partial charge in [0.15, 0.2) is 0 Å². The van der Waals surface area contributed by atoms with Gasteiger partial charge in [0.05, 0.1) is 5.69 Å². The minimum Gasteiger partial charge on any atom is -0.369 e. The molecular weight excluding hydrogens is 379 g/mol. The predicted molar refractivity (Wildman–Crippen MR) is 81.3 cm³/mol. The smallest absolute Gasteiger partial charge is 0.150 e. The molecule has 0 atom stereocenters. The fraction of sp³-hybridized carbons (Fsp3) is 0.167. The molecular formula is C12H11Br2FN4. The fourth-order valence-corrected chi connectivity index (χ4v) is 2.37. The molecule has 7 heteroatoms. The normalized spacial score (nSPS) is 10.3. The number of para-hydroxylation sites is 1. The van der Waals surface area contributed by atoms with Gasteiger partial charge < -0.3 is 10.6 Å². The van der Waals surface area contributed by atoms with Crippen LogP contribution in [0.5, 0.6) is 0 Å². The van der Waals surface area contributed by atoms with E-state index in [2.05, 4.69) is 52.5 Å². The molecule has 19 heavy (non-hydrogen) atoms. The van der Waals surface area contributed by atoms with E-state index in [9.17, 15) is 4.39 Å². The zero-order valence-electron chi connectivity index (χ0n) is 10.0. The van der Waals surface area contributed by atoms with Crippen LogP contribution in [0.25, 0.3) is 0 Å². The molecule has 2 aromatic rings. The molecule has 0 spiro atoms. The lowest BCUT2D eigenvalue weighted by Crippen LogP contribution is -2.04. The maximum atomic E-state index is 13.7. The van der Waals surface area contributed by atoms with Crippen molar-refractivity contribution in [2.45, 2.75) is 6.92 Å². The van der Waals surface area contributed by atoms with E-state index in [1.807, 2.05) is 6.92 Å². The first-order valence-electron chi connectivity index (χ1n) is 5.59. The lowest BCUT2D eigenvalue weighted by atomic mass is 10.3. The van der Waals surface area contributed by atoms with Gasteiger partial charge in [-0.3, -0.25) is 0 Å². The van der Waals surface area contributed by atoms with Crippen molar-refractivity contribution >= 4 is 49.2 Å². The van der Waals surface area contributed by atoms with Gasteiger partial charge in [-0.1, -0.05) is 6.07 Å². The number of nitrogens with zero attached hydrogens (tertiary/aromatic N) is 2. The number of hydrogen-bond donors (Lipinski definition) is 2. The molecule has 0 saturated heterocycles. The Hall–Kier alpha value is -1.21. The summed E-state index contributed by atoms with van der Waals surface area (Å²) in [4.78, 5) is 8.20. The monoisotopic (exact) mass is 388 g/mol. The van der Waals surface area contributed by atoms with Crippen LogP contribution in [0.4, 0.5) is 21.7 Å². The van der Waals surface area contributed by atoms with Crippen LogP contribution in [0.15, 0.2) is 33.5 Å². The van der Waals surface area contributed by atoms with Crippen molar-refractivity contribution in [2.24, 2.45) is 0 Å². The zero-order chi connectivity index (χ0) is 13.8. The summed E-state index contributed by atoms with van der Waals surface area (Å²) in [5.41, 5.74) is 0.337. The molecule has 0 amide bonds. The molecule has 0 bridgehead atoms. The van der Waals surface area contributed by atoms with E-state index in [0.717, 1.165) is 6.54 Å².